The van der Waals surface area contributed by atoms with Crippen LogP contribution in [0.15, 0.2) is 54.9 Å². The fraction of sp³-hybridized carbons (Fsp3) is 0.423. The number of nitrogens with one attached hydrogen (secondary N) is 2. The van der Waals surface area contributed by atoms with Crippen molar-refractivity contribution in [2.45, 2.75) is 38.4 Å². The molecular formula is C26H32FN5. The number of para-hydroxylation sites is 1. The molecule has 168 valence electrons. The summed E-state index contributed by atoms with van der Waals surface area (Å²) in [7, 11) is 0. The summed E-state index contributed by atoms with van der Waals surface area (Å²) < 4.78 is 13.3. The van der Waals surface area contributed by atoms with Gasteiger partial charge in [-0.15, -0.1) is 0 Å². The smallest absolute Gasteiger partial charge is 0.125 e. The number of H-pyrrole nitrogens is 1. The van der Waals surface area contributed by atoms with Gasteiger partial charge >= 0.3 is 0 Å². The van der Waals surface area contributed by atoms with Crippen LogP contribution in [0.5, 0.6) is 0 Å². The lowest BCUT2D eigenvalue weighted by Crippen LogP contribution is -2.35. The molecule has 2 aromatic heterocycles. The second-order valence-corrected chi connectivity index (χ2v) is 8.92. The standard InChI is InChI=1S/C26H32FN5/c1-3-18(2)32-14-11-22-21-6-4-5-7-23(21)30-25(22)26(32)19-8-9-24(29-16-19)28-12-15-31-13-10-20(27)17-31/h4-9,16,20,26,30H,2-3,10-15,17H2,1H3,(H,28,29)/t20?,26-/m1/s1. The molecule has 6 heteroatoms. The minimum atomic E-state index is -0.668. The van der Waals surface area contributed by atoms with E-state index in [-0.39, 0.29) is 6.04 Å². The van der Waals surface area contributed by atoms with Crippen molar-refractivity contribution in [1.82, 2.24) is 19.8 Å². The Morgan fingerprint density at radius 1 is 1.25 bits per heavy atom. The molecule has 0 bridgehead atoms. The van der Waals surface area contributed by atoms with Gasteiger partial charge in [-0.05, 0) is 42.5 Å². The minimum Gasteiger partial charge on any atom is -0.369 e. The van der Waals surface area contributed by atoms with E-state index in [0.29, 0.717) is 13.0 Å². The minimum absolute atomic E-state index is 0.0891. The van der Waals surface area contributed by atoms with Gasteiger partial charge in [0.25, 0.3) is 0 Å². The highest BCUT2D eigenvalue weighted by Crippen LogP contribution is 2.40. The van der Waals surface area contributed by atoms with Gasteiger partial charge in [0.1, 0.15) is 12.0 Å². The fourth-order valence-electron chi connectivity index (χ4n) is 5.13. The lowest BCUT2D eigenvalue weighted by atomic mass is 9.92. The van der Waals surface area contributed by atoms with Crippen LogP contribution < -0.4 is 5.32 Å². The Balaban J connectivity index is 1.37. The predicted molar refractivity (Wildman–Crippen MR) is 129 cm³/mol. The van der Waals surface area contributed by atoms with Gasteiger partial charge in [0, 0.05) is 61.2 Å². The molecule has 0 amide bonds. The number of benzene rings is 1. The van der Waals surface area contributed by atoms with E-state index in [2.05, 4.69) is 70.0 Å². The van der Waals surface area contributed by atoms with E-state index < -0.39 is 6.17 Å². The SMILES string of the molecule is C=C(CC)N1CCc2c([nH]c3ccccc23)[C@H]1c1ccc(NCCN2CCC(F)C2)nc1. The molecule has 32 heavy (non-hydrogen) atoms. The number of aromatic amines is 1. The first-order valence-electron chi connectivity index (χ1n) is 11.7. The van der Waals surface area contributed by atoms with E-state index in [1.807, 2.05) is 6.20 Å². The molecule has 2 aliphatic heterocycles. The molecule has 2 aliphatic rings. The third kappa shape index (κ3) is 3.99. The molecule has 0 spiro atoms. The van der Waals surface area contributed by atoms with Crippen molar-refractivity contribution in [3.8, 4) is 0 Å². The molecule has 2 N–H and O–H groups in total. The van der Waals surface area contributed by atoms with Crippen LogP contribution in [0, 0.1) is 0 Å². The van der Waals surface area contributed by atoms with Crippen molar-refractivity contribution >= 4 is 16.7 Å². The molecule has 1 fully saturated rings. The third-order valence-corrected chi connectivity index (χ3v) is 6.90. The molecule has 0 saturated carbocycles. The van der Waals surface area contributed by atoms with Gasteiger partial charge in [0.2, 0.25) is 0 Å². The van der Waals surface area contributed by atoms with Crippen molar-refractivity contribution in [2.75, 3.05) is 38.0 Å². The van der Waals surface area contributed by atoms with Gasteiger partial charge in [-0.2, -0.15) is 0 Å². The number of anilines is 1. The average molecular weight is 434 g/mol. The van der Waals surface area contributed by atoms with Crippen LogP contribution in [0.4, 0.5) is 10.2 Å². The van der Waals surface area contributed by atoms with E-state index in [9.17, 15) is 4.39 Å². The maximum Gasteiger partial charge on any atom is 0.125 e. The molecular weight excluding hydrogens is 401 g/mol. The zero-order chi connectivity index (χ0) is 22.1. The zero-order valence-electron chi connectivity index (χ0n) is 18.8. The van der Waals surface area contributed by atoms with Gasteiger partial charge < -0.3 is 15.2 Å². The number of likely N-dealkylation sites (tertiary alicyclic amines) is 1. The Bertz CT molecular complexity index is 1090. The predicted octanol–water partition coefficient (Wildman–Crippen LogP) is 4.89. The van der Waals surface area contributed by atoms with Crippen LogP contribution in [-0.4, -0.2) is 58.7 Å². The molecule has 3 aromatic rings. The highest BCUT2D eigenvalue weighted by atomic mass is 19.1. The van der Waals surface area contributed by atoms with Crippen LogP contribution >= 0.6 is 0 Å². The van der Waals surface area contributed by atoms with Crippen molar-refractivity contribution in [2.24, 2.45) is 0 Å². The first-order valence-corrected chi connectivity index (χ1v) is 11.7. The van der Waals surface area contributed by atoms with Crippen molar-refractivity contribution in [1.29, 1.82) is 0 Å². The fourth-order valence-corrected chi connectivity index (χ4v) is 5.13. The van der Waals surface area contributed by atoms with E-state index in [1.165, 1.54) is 22.2 Å². The second kappa shape index (κ2) is 8.94. The molecule has 5 nitrogen and oxygen atoms in total. The average Bonchev–Trinajstić information content (AvgIpc) is 3.41. The molecule has 1 unspecified atom stereocenters. The molecule has 5 rings (SSSR count). The van der Waals surface area contributed by atoms with Gasteiger partial charge in [0.05, 0.1) is 6.04 Å². The topological polar surface area (TPSA) is 47.2 Å². The summed E-state index contributed by atoms with van der Waals surface area (Å²) in [6, 6.07) is 12.9. The Morgan fingerprint density at radius 2 is 2.12 bits per heavy atom. The lowest BCUT2D eigenvalue weighted by Gasteiger charge is -2.38. The molecule has 2 atom stereocenters. The van der Waals surface area contributed by atoms with Gasteiger partial charge in [-0.3, -0.25) is 4.90 Å². The highest BCUT2D eigenvalue weighted by Gasteiger charge is 2.32. The van der Waals surface area contributed by atoms with Crippen LogP contribution in [0.3, 0.4) is 0 Å². The van der Waals surface area contributed by atoms with Crippen LogP contribution in [0.25, 0.3) is 10.9 Å². The number of hydrogen-bond donors (Lipinski definition) is 2. The number of halogens is 1. The van der Waals surface area contributed by atoms with Crippen molar-refractivity contribution in [3.05, 3.63) is 71.7 Å². The molecule has 1 saturated heterocycles. The van der Waals surface area contributed by atoms with E-state index in [4.69, 9.17) is 4.98 Å². The van der Waals surface area contributed by atoms with Gasteiger partial charge in [0.15, 0.2) is 0 Å². The summed E-state index contributed by atoms with van der Waals surface area (Å²) in [5, 5.41) is 4.71. The summed E-state index contributed by atoms with van der Waals surface area (Å²) in [4.78, 5) is 13.0. The Morgan fingerprint density at radius 3 is 2.88 bits per heavy atom. The van der Waals surface area contributed by atoms with Crippen LogP contribution in [-0.2, 0) is 6.42 Å². The van der Waals surface area contributed by atoms with Crippen LogP contribution in [0.2, 0.25) is 0 Å². The molecule has 1 aromatic carbocycles. The van der Waals surface area contributed by atoms with Crippen molar-refractivity contribution in [3.63, 3.8) is 0 Å². The zero-order valence-corrected chi connectivity index (χ0v) is 18.8. The molecule has 0 aliphatic carbocycles. The number of aromatic nitrogens is 2. The van der Waals surface area contributed by atoms with E-state index >= 15 is 0 Å². The maximum absolute atomic E-state index is 13.3. The Hall–Kier alpha value is -2.86. The number of hydrogen-bond acceptors (Lipinski definition) is 4. The number of fused-ring (bicyclic) bond motifs is 3. The molecule has 4 heterocycles. The summed E-state index contributed by atoms with van der Waals surface area (Å²) in [5.41, 5.74) is 6.17. The van der Waals surface area contributed by atoms with Crippen molar-refractivity contribution < 1.29 is 4.39 Å². The summed E-state index contributed by atoms with van der Waals surface area (Å²) >= 11 is 0. The van der Waals surface area contributed by atoms with E-state index in [0.717, 1.165) is 56.1 Å². The van der Waals surface area contributed by atoms with Gasteiger partial charge in [-0.1, -0.05) is 37.8 Å². The Labute approximate surface area is 189 Å². The summed E-state index contributed by atoms with van der Waals surface area (Å²) in [6.45, 7) is 10.5. The summed E-state index contributed by atoms with van der Waals surface area (Å²) in [6.07, 6.45) is 3.91. The van der Waals surface area contributed by atoms with E-state index in [1.54, 1.807) is 0 Å². The monoisotopic (exact) mass is 433 g/mol. The highest BCUT2D eigenvalue weighted by molar-refractivity contribution is 5.85. The summed E-state index contributed by atoms with van der Waals surface area (Å²) in [5.74, 6) is 0.860. The first-order chi connectivity index (χ1) is 15.6. The quantitative estimate of drug-likeness (QED) is 0.557. The lowest BCUT2D eigenvalue weighted by molar-refractivity contribution is 0.265. The third-order valence-electron chi connectivity index (χ3n) is 6.90. The largest absolute Gasteiger partial charge is 0.369 e. The number of nitrogens with zero attached hydrogens (tertiary/aromatic N) is 3. The first kappa shape index (κ1) is 21.0. The number of rotatable bonds is 7. The maximum atomic E-state index is 13.3. The number of allylic oxidation sites excluding steroid dienone is 1. The molecule has 0 radical (unpaired) electrons. The van der Waals surface area contributed by atoms with Crippen LogP contribution in [0.1, 0.15) is 42.6 Å². The number of alkyl halides is 1. The second-order valence-electron chi connectivity index (χ2n) is 8.92. The normalized spacial score (nSPS) is 21.1. The number of pyridine rings is 1. The Kier molecular flexibility index (Phi) is 5.87. The van der Waals surface area contributed by atoms with Gasteiger partial charge in [-0.25, -0.2) is 9.37 Å².